The summed E-state index contributed by atoms with van der Waals surface area (Å²) in [5, 5.41) is 3.45. The molecule has 1 aromatic heterocycles. The van der Waals surface area contributed by atoms with Gasteiger partial charge in [-0.1, -0.05) is 23.7 Å². The predicted octanol–water partition coefficient (Wildman–Crippen LogP) is 3.20. The lowest BCUT2D eigenvalue weighted by Crippen LogP contribution is -2.33. The minimum atomic E-state index is -0.280. The number of rotatable bonds is 6. The number of hydrogen-bond donors (Lipinski definition) is 1. The van der Waals surface area contributed by atoms with Crippen molar-refractivity contribution in [1.29, 1.82) is 0 Å². The number of carbonyl (C=O) groups is 1. The van der Waals surface area contributed by atoms with Crippen molar-refractivity contribution in [3.05, 3.63) is 81.2 Å². The standard InChI is InChI=1S/C21H20ClN3O3/c1-14-11-20(27)25(21(24-14)16-5-9-18(28-2)10-6-16)13-19(26)23-12-15-3-7-17(22)8-4-15/h3-11H,12-13H2,1-2H3,(H,23,26). The number of methoxy groups -OCH3 is 1. The van der Waals surface area contributed by atoms with Crippen molar-refractivity contribution in [2.45, 2.75) is 20.0 Å². The molecule has 1 heterocycles. The van der Waals surface area contributed by atoms with Gasteiger partial charge >= 0.3 is 0 Å². The van der Waals surface area contributed by atoms with Crippen molar-refractivity contribution in [3.63, 3.8) is 0 Å². The normalized spacial score (nSPS) is 10.5. The van der Waals surface area contributed by atoms with Crippen LogP contribution in [0.25, 0.3) is 11.4 Å². The summed E-state index contributed by atoms with van der Waals surface area (Å²) in [5.74, 6) is 0.859. The Morgan fingerprint density at radius 2 is 1.82 bits per heavy atom. The summed E-state index contributed by atoms with van der Waals surface area (Å²) in [7, 11) is 1.58. The molecule has 7 heteroatoms. The minimum absolute atomic E-state index is 0.124. The van der Waals surface area contributed by atoms with Crippen molar-refractivity contribution < 1.29 is 9.53 Å². The Morgan fingerprint density at radius 1 is 1.14 bits per heavy atom. The summed E-state index contributed by atoms with van der Waals surface area (Å²) in [5.41, 5.74) is 1.96. The maximum atomic E-state index is 12.5. The molecule has 28 heavy (non-hydrogen) atoms. The number of nitrogens with zero attached hydrogens (tertiary/aromatic N) is 2. The van der Waals surface area contributed by atoms with Gasteiger partial charge in [0.25, 0.3) is 5.56 Å². The van der Waals surface area contributed by atoms with E-state index in [0.717, 1.165) is 11.1 Å². The maximum absolute atomic E-state index is 12.5. The number of halogens is 1. The first kappa shape index (κ1) is 19.6. The minimum Gasteiger partial charge on any atom is -0.497 e. The average molecular weight is 398 g/mol. The summed E-state index contributed by atoms with van der Waals surface area (Å²) in [4.78, 5) is 29.4. The van der Waals surface area contributed by atoms with Crippen LogP contribution >= 0.6 is 11.6 Å². The zero-order valence-electron chi connectivity index (χ0n) is 15.6. The Morgan fingerprint density at radius 3 is 2.46 bits per heavy atom. The number of ether oxygens (including phenoxy) is 1. The second kappa shape index (κ2) is 8.71. The Hall–Kier alpha value is -3.12. The summed E-state index contributed by atoms with van der Waals surface area (Å²) >= 11 is 5.87. The molecule has 1 N–H and O–H groups in total. The highest BCUT2D eigenvalue weighted by Gasteiger charge is 2.13. The highest BCUT2D eigenvalue weighted by molar-refractivity contribution is 6.30. The number of amides is 1. The van der Waals surface area contributed by atoms with Gasteiger partial charge in [0.15, 0.2) is 0 Å². The summed E-state index contributed by atoms with van der Waals surface area (Å²) in [6.45, 7) is 1.97. The Kier molecular flexibility index (Phi) is 6.11. The molecule has 0 aliphatic heterocycles. The largest absolute Gasteiger partial charge is 0.497 e. The van der Waals surface area contributed by atoms with Gasteiger partial charge in [0.05, 0.1) is 7.11 Å². The van der Waals surface area contributed by atoms with Gasteiger partial charge in [-0.2, -0.15) is 0 Å². The van der Waals surface area contributed by atoms with Gasteiger partial charge in [-0.15, -0.1) is 0 Å². The van der Waals surface area contributed by atoms with Crippen LogP contribution in [0.5, 0.6) is 5.75 Å². The quantitative estimate of drug-likeness (QED) is 0.693. The van der Waals surface area contributed by atoms with E-state index in [-0.39, 0.29) is 18.0 Å². The van der Waals surface area contributed by atoms with E-state index in [4.69, 9.17) is 16.3 Å². The molecule has 1 amide bonds. The molecule has 144 valence electrons. The van der Waals surface area contributed by atoms with Gasteiger partial charge in [-0.3, -0.25) is 14.2 Å². The van der Waals surface area contributed by atoms with Gasteiger partial charge in [-0.05, 0) is 48.9 Å². The predicted molar refractivity (Wildman–Crippen MR) is 109 cm³/mol. The summed E-state index contributed by atoms with van der Waals surface area (Å²) in [6.07, 6.45) is 0. The van der Waals surface area contributed by atoms with E-state index in [1.807, 2.05) is 24.3 Å². The monoisotopic (exact) mass is 397 g/mol. The van der Waals surface area contributed by atoms with Gasteiger partial charge in [0, 0.05) is 28.9 Å². The van der Waals surface area contributed by atoms with E-state index in [1.54, 1.807) is 38.3 Å². The third kappa shape index (κ3) is 4.78. The number of hydrogen-bond acceptors (Lipinski definition) is 4. The molecule has 0 bridgehead atoms. The van der Waals surface area contributed by atoms with Crippen molar-refractivity contribution >= 4 is 17.5 Å². The summed E-state index contributed by atoms with van der Waals surface area (Å²) < 4.78 is 6.53. The highest BCUT2D eigenvalue weighted by atomic mass is 35.5. The van der Waals surface area contributed by atoms with Crippen LogP contribution < -0.4 is 15.6 Å². The van der Waals surface area contributed by atoms with Crippen molar-refractivity contribution in [1.82, 2.24) is 14.9 Å². The number of benzene rings is 2. The number of nitrogens with one attached hydrogen (secondary N) is 1. The van der Waals surface area contributed by atoms with Crippen molar-refractivity contribution in [2.24, 2.45) is 0 Å². The lowest BCUT2D eigenvalue weighted by atomic mass is 10.2. The molecule has 0 aliphatic carbocycles. The number of aryl methyl sites for hydroxylation is 1. The van der Waals surface area contributed by atoms with E-state index in [1.165, 1.54) is 10.6 Å². The lowest BCUT2D eigenvalue weighted by molar-refractivity contribution is -0.121. The van der Waals surface area contributed by atoms with E-state index in [9.17, 15) is 9.59 Å². The van der Waals surface area contributed by atoms with Gasteiger partial charge < -0.3 is 10.1 Å². The Labute approximate surface area is 167 Å². The second-order valence-electron chi connectivity index (χ2n) is 6.28. The maximum Gasteiger partial charge on any atom is 0.254 e. The molecular formula is C21H20ClN3O3. The molecule has 0 radical (unpaired) electrons. The molecule has 0 aliphatic rings. The molecule has 6 nitrogen and oxygen atoms in total. The third-order valence-electron chi connectivity index (χ3n) is 4.19. The van der Waals surface area contributed by atoms with Crippen LogP contribution in [0, 0.1) is 6.92 Å². The zero-order chi connectivity index (χ0) is 20.1. The van der Waals surface area contributed by atoms with Crippen LogP contribution in [0.4, 0.5) is 0 Å². The van der Waals surface area contributed by atoms with Gasteiger partial charge in [-0.25, -0.2) is 4.98 Å². The smallest absolute Gasteiger partial charge is 0.254 e. The fourth-order valence-electron chi connectivity index (χ4n) is 2.74. The number of carbonyl (C=O) groups excluding carboxylic acids is 1. The molecule has 3 aromatic rings. The van der Waals surface area contributed by atoms with Crippen LogP contribution in [-0.2, 0) is 17.9 Å². The molecule has 3 rings (SSSR count). The molecule has 2 aromatic carbocycles. The highest BCUT2D eigenvalue weighted by Crippen LogP contribution is 2.20. The first-order chi connectivity index (χ1) is 13.5. The molecule has 0 saturated heterocycles. The molecule has 0 saturated carbocycles. The fourth-order valence-corrected chi connectivity index (χ4v) is 2.86. The first-order valence-corrected chi connectivity index (χ1v) is 9.08. The Balaban J connectivity index is 1.81. The van der Waals surface area contributed by atoms with Gasteiger partial charge in [0.2, 0.25) is 5.91 Å². The summed E-state index contributed by atoms with van der Waals surface area (Å²) in [6, 6.07) is 15.8. The van der Waals surface area contributed by atoms with Crippen molar-refractivity contribution in [3.8, 4) is 17.1 Å². The van der Waals surface area contributed by atoms with E-state index in [2.05, 4.69) is 10.3 Å². The molecular weight excluding hydrogens is 378 g/mol. The van der Waals surface area contributed by atoms with Gasteiger partial charge in [0.1, 0.15) is 18.1 Å². The molecule has 0 atom stereocenters. The van der Waals surface area contributed by atoms with E-state index >= 15 is 0 Å². The topological polar surface area (TPSA) is 73.2 Å². The van der Waals surface area contributed by atoms with Crippen LogP contribution in [-0.4, -0.2) is 22.6 Å². The molecule has 0 unspecified atom stereocenters. The van der Waals surface area contributed by atoms with Crippen LogP contribution in [0.15, 0.2) is 59.4 Å². The lowest BCUT2D eigenvalue weighted by Gasteiger charge is -2.13. The second-order valence-corrected chi connectivity index (χ2v) is 6.71. The van der Waals surface area contributed by atoms with Crippen molar-refractivity contribution in [2.75, 3.05) is 7.11 Å². The molecule has 0 fully saturated rings. The van der Waals surface area contributed by atoms with E-state index in [0.29, 0.717) is 28.8 Å². The fraction of sp³-hybridized carbons (Fsp3) is 0.190. The SMILES string of the molecule is COc1ccc(-c2nc(C)cc(=O)n2CC(=O)NCc2ccc(Cl)cc2)cc1. The molecule has 0 spiro atoms. The van der Waals surface area contributed by atoms with Crippen LogP contribution in [0.1, 0.15) is 11.3 Å². The zero-order valence-corrected chi connectivity index (χ0v) is 16.4. The third-order valence-corrected chi connectivity index (χ3v) is 4.44. The number of aromatic nitrogens is 2. The first-order valence-electron chi connectivity index (χ1n) is 8.70. The van der Waals surface area contributed by atoms with E-state index < -0.39 is 0 Å². The van der Waals surface area contributed by atoms with Crippen LogP contribution in [0.3, 0.4) is 0 Å². The Bertz CT molecular complexity index is 1030. The average Bonchev–Trinajstić information content (AvgIpc) is 2.69. The van der Waals surface area contributed by atoms with Crippen LogP contribution in [0.2, 0.25) is 5.02 Å².